The van der Waals surface area contributed by atoms with Crippen LogP contribution in [0.2, 0.25) is 10.0 Å². The normalized spacial score (nSPS) is 20.6. The van der Waals surface area contributed by atoms with Gasteiger partial charge in [-0.05, 0) is 62.4 Å². The van der Waals surface area contributed by atoms with Crippen LogP contribution in [0, 0.1) is 5.92 Å². The molecule has 1 atom stereocenters. The maximum Gasteiger partial charge on any atom is 0.220 e. The van der Waals surface area contributed by atoms with E-state index in [9.17, 15) is 4.79 Å². The van der Waals surface area contributed by atoms with Gasteiger partial charge in [-0.15, -0.1) is 24.8 Å². The monoisotopic (exact) mass is 455 g/mol. The van der Waals surface area contributed by atoms with Crippen molar-refractivity contribution in [2.24, 2.45) is 5.92 Å². The molecule has 154 valence electrons. The minimum atomic E-state index is 0. The number of amides is 1. The summed E-state index contributed by atoms with van der Waals surface area (Å²) in [6.07, 6.45) is 4.90. The van der Waals surface area contributed by atoms with Crippen LogP contribution in [0.5, 0.6) is 0 Å². The summed E-state index contributed by atoms with van der Waals surface area (Å²) >= 11 is 12.1. The van der Waals surface area contributed by atoms with Crippen LogP contribution in [0.15, 0.2) is 18.2 Å². The molecule has 2 aliphatic rings. The summed E-state index contributed by atoms with van der Waals surface area (Å²) in [6.45, 7) is 5.05. The molecule has 2 saturated heterocycles. The Balaban J connectivity index is 0.00000182. The maximum absolute atomic E-state index is 12.1. The first kappa shape index (κ1) is 24.8. The number of benzene rings is 1. The van der Waals surface area contributed by atoms with Crippen LogP contribution in [0.3, 0.4) is 0 Å². The van der Waals surface area contributed by atoms with Crippen LogP contribution in [-0.4, -0.2) is 43.0 Å². The Labute approximate surface area is 184 Å². The van der Waals surface area contributed by atoms with Crippen LogP contribution < -0.4 is 10.6 Å². The number of nitrogens with one attached hydrogen (secondary N) is 2. The van der Waals surface area contributed by atoms with Crippen molar-refractivity contribution in [2.45, 2.75) is 44.7 Å². The molecule has 0 radical (unpaired) electrons. The fourth-order valence-electron chi connectivity index (χ4n) is 3.73. The molecule has 2 N–H and O–H groups in total. The van der Waals surface area contributed by atoms with E-state index in [2.05, 4.69) is 15.5 Å². The zero-order valence-electron chi connectivity index (χ0n) is 15.4. The molecule has 0 aliphatic carbocycles. The van der Waals surface area contributed by atoms with E-state index in [-0.39, 0.29) is 30.7 Å². The smallest absolute Gasteiger partial charge is 0.220 e. The molecule has 2 heterocycles. The first-order valence-corrected chi connectivity index (χ1v) is 10.0. The van der Waals surface area contributed by atoms with Gasteiger partial charge in [-0.1, -0.05) is 29.3 Å². The quantitative estimate of drug-likeness (QED) is 0.670. The molecule has 2 fully saturated rings. The summed E-state index contributed by atoms with van der Waals surface area (Å²) in [5.74, 6) is 0.897. The van der Waals surface area contributed by atoms with Gasteiger partial charge in [0.15, 0.2) is 0 Å². The lowest BCUT2D eigenvalue weighted by atomic mass is 10.0. The summed E-state index contributed by atoms with van der Waals surface area (Å²) in [5.41, 5.74) is 1.18. The molecule has 0 saturated carbocycles. The first-order valence-electron chi connectivity index (χ1n) is 9.26. The maximum atomic E-state index is 12.1. The molecule has 0 spiro atoms. The van der Waals surface area contributed by atoms with Crippen molar-refractivity contribution < 1.29 is 4.79 Å². The largest absolute Gasteiger partial charge is 0.353 e. The minimum absolute atomic E-state index is 0. The number of carbonyl (C=O) groups excluding carboxylic acids is 1. The molecule has 0 aromatic heterocycles. The highest BCUT2D eigenvalue weighted by Crippen LogP contribution is 2.24. The van der Waals surface area contributed by atoms with Gasteiger partial charge in [-0.25, -0.2) is 0 Å². The van der Waals surface area contributed by atoms with Crippen LogP contribution in [0.1, 0.15) is 37.7 Å². The minimum Gasteiger partial charge on any atom is -0.353 e. The van der Waals surface area contributed by atoms with Crippen LogP contribution in [-0.2, 0) is 11.3 Å². The Hall–Kier alpha value is -0.230. The third-order valence-corrected chi connectivity index (χ3v) is 6.02. The first-order chi connectivity index (χ1) is 12.1. The fourth-order valence-corrected chi connectivity index (χ4v) is 4.05. The number of nitrogens with zero attached hydrogens (tertiary/aromatic N) is 1. The summed E-state index contributed by atoms with van der Waals surface area (Å²) in [4.78, 5) is 14.5. The van der Waals surface area contributed by atoms with Gasteiger partial charge in [0.25, 0.3) is 0 Å². The molecule has 27 heavy (non-hydrogen) atoms. The molecular weight excluding hydrogens is 428 g/mol. The molecule has 2 aliphatic heterocycles. The second kappa shape index (κ2) is 12.4. The zero-order chi connectivity index (χ0) is 17.6. The number of hydrogen-bond acceptors (Lipinski definition) is 3. The zero-order valence-corrected chi connectivity index (χ0v) is 18.5. The number of rotatable bonds is 6. The molecule has 1 aromatic carbocycles. The summed E-state index contributed by atoms with van der Waals surface area (Å²) < 4.78 is 0. The van der Waals surface area contributed by atoms with Crippen LogP contribution in [0.25, 0.3) is 0 Å². The number of likely N-dealkylation sites (tertiary alicyclic amines) is 1. The number of piperidine rings is 1. The predicted octanol–water partition coefficient (Wildman–Crippen LogP) is 4.31. The van der Waals surface area contributed by atoms with E-state index in [1.165, 1.54) is 12.0 Å². The van der Waals surface area contributed by atoms with Crippen molar-refractivity contribution in [1.29, 1.82) is 0 Å². The van der Waals surface area contributed by atoms with Gasteiger partial charge in [0, 0.05) is 32.1 Å². The molecule has 3 rings (SSSR count). The van der Waals surface area contributed by atoms with E-state index in [1.807, 2.05) is 18.2 Å². The third-order valence-electron chi connectivity index (χ3n) is 5.28. The number of carbonyl (C=O) groups is 1. The van der Waals surface area contributed by atoms with Crippen molar-refractivity contribution in [3.05, 3.63) is 33.8 Å². The fraction of sp³-hybridized carbons (Fsp3) is 0.632. The standard InChI is InChI=1S/C19H27Cl2N3O.2ClH/c20-17-3-1-15(11-18(17)21)13-24-9-6-16(7-10-24)23-19(25)4-2-14-5-8-22-12-14;;/h1,3,11,14,16,22H,2,4-10,12-13H2,(H,23,25);2*1H. The van der Waals surface area contributed by atoms with E-state index < -0.39 is 0 Å². The SMILES string of the molecule is Cl.Cl.O=C(CCC1CCNC1)NC1CCN(Cc2ccc(Cl)c(Cl)c2)CC1. The molecule has 1 unspecified atom stereocenters. The van der Waals surface area contributed by atoms with Gasteiger partial charge < -0.3 is 10.6 Å². The highest BCUT2D eigenvalue weighted by Gasteiger charge is 2.22. The number of hydrogen-bond donors (Lipinski definition) is 2. The predicted molar refractivity (Wildman–Crippen MR) is 118 cm³/mol. The highest BCUT2D eigenvalue weighted by molar-refractivity contribution is 6.42. The molecule has 8 heteroatoms. The van der Waals surface area contributed by atoms with E-state index in [0.717, 1.165) is 52.0 Å². The molecule has 1 amide bonds. The molecule has 4 nitrogen and oxygen atoms in total. The number of halogens is 4. The molecular formula is C19H29Cl4N3O. The van der Waals surface area contributed by atoms with Crippen molar-refractivity contribution in [3.8, 4) is 0 Å². The molecule has 1 aromatic rings. The highest BCUT2D eigenvalue weighted by atomic mass is 35.5. The van der Waals surface area contributed by atoms with Gasteiger partial charge in [0.2, 0.25) is 5.91 Å². The average molecular weight is 457 g/mol. The lowest BCUT2D eigenvalue weighted by Crippen LogP contribution is -2.44. The van der Waals surface area contributed by atoms with Gasteiger partial charge in [0.05, 0.1) is 10.0 Å². The lowest BCUT2D eigenvalue weighted by molar-refractivity contribution is -0.122. The summed E-state index contributed by atoms with van der Waals surface area (Å²) in [5, 5.41) is 7.78. The molecule has 0 bridgehead atoms. The Morgan fingerprint density at radius 3 is 2.52 bits per heavy atom. The van der Waals surface area contributed by atoms with E-state index in [1.54, 1.807) is 0 Å². The van der Waals surface area contributed by atoms with Gasteiger partial charge >= 0.3 is 0 Å². The summed E-state index contributed by atoms with van der Waals surface area (Å²) in [6, 6.07) is 6.14. The van der Waals surface area contributed by atoms with Crippen molar-refractivity contribution in [2.75, 3.05) is 26.2 Å². The van der Waals surface area contributed by atoms with Gasteiger partial charge in [0.1, 0.15) is 0 Å². The summed E-state index contributed by atoms with van der Waals surface area (Å²) in [7, 11) is 0. The van der Waals surface area contributed by atoms with Crippen molar-refractivity contribution in [1.82, 2.24) is 15.5 Å². The lowest BCUT2D eigenvalue weighted by Gasteiger charge is -2.32. The topological polar surface area (TPSA) is 44.4 Å². The third kappa shape index (κ3) is 7.96. The Bertz CT molecular complexity index is 588. The van der Waals surface area contributed by atoms with Gasteiger partial charge in [-0.2, -0.15) is 0 Å². The van der Waals surface area contributed by atoms with E-state index in [4.69, 9.17) is 23.2 Å². The van der Waals surface area contributed by atoms with E-state index in [0.29, 0.717) is 28.4 Å². The Kier molecular flexibility index (Phi) is 11.4. The average Bonchev–Trinajstić information content (AvgIpc) is 3.12. The Morgan fingerprint density at radius 1 is 1.15 bits per heavy atom. The second-order valence-electron chi connectivity index (χ2n) is 7.26. The van der Waals surface area contributed by atoms with Crippen LogP contribution >= 0.6 is 48.0 Å². The van der Waals surface area contributed by atoms with Gasteiger partial charge in [-0.3, -0.25) is 9.69 Å². The van der Waals surface area contributed by atoms with E-state index >= 15 is 0 Å². The van der Waals surface area contributed by atoms with Crippen molar-refractivity contribution in [3.63, 3.8) is 0 Å². The van der Waals surface area contributed by atoms with Crippen LogP contribution in [0.4, 0.5) is 0 Å². The van der Waals surface area contributed by atoms with Crippen molar-refractivity contribution >= 4 is 53.9 Å². The Morgan fingerprint density at radius 2 is 1.89 bits per heavy atom. The second-order valence-corrected chi connectivity index (χ2v) is 8.08.